The molecule has 0 atom stereocenters. The molecule has 0 spiro atoms. The molecule has 0 bridgehead atoms. The second-order valence-corrected chi connectivity index (χ2v) is 0.0816. The molecule has 0 aliphatic rings. The van der Waals surface area contributed by atoms with Crippen LogP contribution in [0, 0.1) is 49.4 Å². The van der Waals surface area contributed by atoms with E-state index in [0.717, 1.165) is 0 Å². The maximum atomic E-state index is 6.62. The summed E-state index contributed by atoms with van der Waals surface area (Å²) in [4.78, 5) is 0. The van der Waals surface area contributed by atoms with Gasteiger partial charge in [-0.05, 0) is 0 Å². The van der Waals surface area contributed by atoms with Crippen LogP contribution in [-0.4, -0.2) is 10.5 Å². The Hall–Kier alpha value is 1.46. The minimum absolute atomic E-state index is 0. The van der Waals surface area contributed by atoms with Crippen molar-refractivity contribution in [3.8, 4) is 0 Å². The van der Waals surface area contributed by atoms with E-state index in [1.165, 1.54) is 0 Å². The molecule has 0 aromatic carbocycles. The van der Waals surface area contributed by atoms with Gasteiger partial charge in [0.2, 0.25) is 0 Å². The quantitative estimate of drug-likeness (QED) is 0.427. The number of rotatable bonds is 0. The molecule has 0 amide bonds. The standard InChI is InChI=1S/Eu.H2O3/c;1-3-2/h;1-2H. The van der Waals surface area contributed by atoms with Gasteiger partial charge in [-0.1, -0.05) is 5.04 Å². The molecular weight excluding hydrogens is 200 g/mol. The Morgan fingerprint density at radius 3 is 1.25 bits per heavy atom. The molecule has 0 saturated heterocycles. The fourth-order valence-corrected chi connectivity index (χ4v) is 0. The molecule has 0 fully saturated rings. The molecule has 0 rings (SSSR count). The average Bonchev–Trinajstić information content (AvgIpc) is 0.918. The largest absolute Gasteiger partial charge is 0.221 e. The maximum Gasteiger partial charge on any atom is 0 e. The molecule has 0 aromatic heterocycles. The first-order chi connectivity index (χ1) is 1.41. The maximum absolute atomic E-state index is 6.62. The predicted molar refractivity (Wildman–Crippen MR) is 6.34 cm³/mol. The zero-order chi connectivity index (χ0) is 2.71. The predicted octanol–water partition coefficient (Wildman–Crippen LogP) is -0.0510. The van der Waals surface area contributed by atoms with Crippen LogP contribution in [0.5, 0.6) is 0 Å². The first-order valence-corrected chi connectivity index (χ1v) is 0.365. The summed E-state index contributed by atoms with van der Waals surface area (Å²) in [7, 11) is 0. The van der Waals surface area contributed by atoms with Crippen molar-refractivity contribution in [3.05, 3.63) is 0 Å². The van der Waals surface area contributed by atoms with Crippen LogP contribution in [0.3, 0.4) is 0 Å². The summed E-state index contributed by atoms with van der Waals surface area (Å²) in [5.41, 5.74) is 0. The van der Waals surface area contributed by atoms with E-state index in [4.69, 9.17) is 10.5 Å². The van der Waals surface area contributed by atoms with Gasteiger partial charge in [-0.15, -0.1) is 0 Å². The molecule has 0 aliphatic heterocycles. The van der Waals surface area contributed by atoms with Gasteiger partial charge in [0, 0.05) is 49.4 Å². The van der Waals surface area contributed by atoms with Crippen LogP contribution in [0.2, 0.25) is 0 Å². The van der Waals surface area contributed by atoms with E-state index in [0.29, 0.717) is 0 Å². The van der Waals surface area contributed by atoms with E-state index in [9.17, 15) is 0 Å². The monoisotopic (exact) mass is 203 g/mol. The van der Waals surface area contributed by atoms with E-state index in [1.807, 2.05) is 0 Å². The minimum Gasteiger partial charge on any atom is -0.221 e. The van der Waals surface area contributed by atoms with E-state index < -0.39 is 0 Å². The van der Waals surface area contributed by atoms with Gasteiger partial charge in [0.15, 0.2) is 0 Å². The Bertz CT molecular complexity index is 3.25. The topological polar surface area (TPSA) is 49.7 Å². The van der Waals surface area contributed by atoms with Crippen molar-refractivity contribution >= 4 is 0 Å². The molecule has 3 nitrogen and oxygen atoms in total. The van der Waals surface area contributed by atoms with E-state index >= 15 is 0 Å². The van der Waals surface area contributed by atoms with Crippen LogP contribution in [-0.2, 0) is 5.04 Å². The van der Waals surface area contributed by atoms with Crippen molar-refractivity contribution in [1.29, 1.82) is 0 Å². The van der Waals surface area contributed by atoms with Crippen molar-refractivity contribution in [3.63, 3.8) is 0 Å². The molecule has 2 N–H and O–H groups in total. The van der Waals surface area contributed by atoms with Crippen LogP contribution in [0.25, 0.3) is 0 Å². The molecule has 27 valence electrons. The van der Waals surface area contributed by atoms with Gasteiger partial charge in [0.05, 0.1) is 0 Å². The number of hydrogen-bond donors (Lipinski definition) is 2. The summed E-state index contributed by atoms with van der Waals surface area (Å²) in [6.45, 7) is 0. The summed E-state index contributed by atoms with van der Waals surface area (Å²) in [5.74, 6) is 0. The van der Waals surface area contributed by atoms with Crippen LogP contribution in [0.15, 0.2) is 0 Å². The molecule has 0 saturated carbocycles. The van der Waals surface area contributed by atoms with Crippen molar-refractivity contribution in [2.24, 2.45) is 0 Å². The van der Waals surface area contributed by atoms with Crippen molar-refractivity contribution in [2.75, 3.05) is 0 Å². The van der Waals surface area contributed by atoms with Gasteiger partial charge in [0.1, 0.15) is 0 Å². The summed E-state index contributed by atoms with van der Waals surface area (Å²) in [5, 5.41) is 15.5. The second-order valence-electron chi connectivity index (χ2n) is 0.0816. The summed E-state index contributed by atoms with van der Waals surface area (Å²) >= 11 is 0. The Morgan fingerprint density at radius 1 is 1.25 bits per heavy atom. The molecule has 4 heavy (non-hydrogen) atoms. The van der Waals surface area contributed by atoms with E-state index in [1.54, 1.807) is 0 Å². The van der Waals surface area contributed by atoms with Crippen molar-refractivity contribution in [2.45, 2.75) is 0 Å². The average molecular weight is 202 g/mol. The fourth-order valence-electron chi connectivity index (χ4n) is 0. The zero-order valence-electron chi connectivity index (χ0n) is 1.68. The third-order valence-electron chi connectivity index (χ3n) is 0. The first-order valence-electron chi connectivity index (χ1n) is 0.365. The van der Waals surface area contributed by atoms with Crippen LogP contribution >= 0.6 is 0 Å². The molecule has 1 radical (unpaired) electrons. The smallest absolute Gasteiger partial charge is 0 e. The van der Waals surface area contributed by atoms with Crippen molar-refractivity contribution in [1.82, 2.24) is 0 Å². The zero-order valence-corrected chi connectivity index (χ0v) is 4.11. The summed E-state index contributed by atoms with van der Waals surface area (Å²) in [6.07, 6.45) is 0. The number of hydrogen-bond acceptors (Lipinski definition) is 3. The van der Waals surface area contributed by atoms with Crippen LogP contribution in [0.4, 0.5) is 0 Å². The Labute approximate surface area is 64.0 Å². The third-order valence-corrected chi connectivity index (χ3v) is 0. The minimum atomic E-state index is 0. The van der Waals surface area contributed by atoms with Crippen LogP contribution in [0.1, 0.15) is 0 Å². The van der Waals surface area contributed by atoms with Gasteiger partial charge in [0.25, 0.3) is 0 Å². The molecule has 0 aromatic rings. The summed E-state index contributed by atoms with van der Waals surface area (Å²) in [6, 6.07) is 0. The third kappa shape index (κ3) is 9.81. The van der Waals surface area contributed by atoms with Gasteiger partial charge in [-0.2, -0.15) is 0 Å². The second kappa shape index (κ2) is 8.82. The van der Waals surface area contributed by atoms with E-state index in [2.05, 4.69) is 5.04 Å². The molecule has 0 heterocycles. The SMILES string of the molecule is OOO.[Eu]. The Morgan fingerprint density at radius 2 is 1.25 bits per heavy atom. The van der Waals surface area contributed by atoms with Gasteiger partial charge >= 0.3 is 0 Å². The normalized spacial score (nSPS) is 4.50. The molecule has 0 unspecified atom stereocenters. The Balaban J connectivity index is 0. The molecule has 0 aliphatic carbocycles. The van der Waals surface area contributed by atoms with E-state index in [-0.39, 0.29) is 49.4 Å². The first kappa shape index (κ1) is 9.07. The molecular formula is H2EuO3. The summed E-state index contributed by atoms with van der Waals surface area (Å²) < 4.78 is 0. The van der Waals surface area contributed by atoms with Gasteiger partial charge in [-0.3, -0.25) is 0 Å². The molecule has 4 heteroatoms. The Kier molecular flexibility index (Phi) is 20.0. The van der Waals surface area contributed by atoms with Crippen molar-refractivity contribution < 1.29 is 64.9 Å². The van der Waals surface area contributed by atoms with Gasteiger partial charge in [-0.25, -0.2) is 10.5 Å². The van der Waals surface area contributed by atoms with Crippen LogP contribution < -0.4 is 0 Å². The fraction of sp³-hybridized carbons (Fsp3) is 0. The van der Waals surface area contributed by atoms with Gasteiger partial charge < -0.3 is 0 Å².